The zero-order valence-electron chi connectivity index (χ0n) is 16.4. The molecule has 0 fully saturated rings. The zero-order valence-corrected chi connectivity index (χ0v) is 20.5. The van der Waals surface area contributed by atoms with E-state index in [1.54, 1.807) is 7.11 Å². The van der Waals surface area contributed by atoms with Crippen molar-refractivity contribution >= 4 is 40.4 Å². The summed E-state index contributed by atoms with van der Waals surface area (Å²) in [4.78, 5) is 0. The van der Waals surface area contributed by atoms with Gasteiger partial charge in [-0.15, -0.1) is 0 Å². The summed E-state index contributed by atoms with van der Waals surface area (Å²) >= 11 is 0. The Bertz CT molecular complexity index is 1050. The maximum absolute atomic E-state index is 6.26. The second-order valence-corrected chi connectivity index (χ2v) is 17.3. The molecule has 0 unspecified atom stereocenters. The molecule has 4 rings (SSSR count). The van der Waals surface area contributed by atoms with Gasteiger partial charge in [0.2, 0.25) is 0 Å². The first-order chi connectivity index (χ1) is 14.8. The summed E-state index contributed by atoms with van der Waals surface area (Å²) in [6, 6.07) is 32.6. The van der Waals surface area contributed by atoms with Crippen LogP contribution in [0.15, 0.2) is 101 Å². The fourth-order valence-corrected chi connectivity index (χ4v) is 2.96. The van der Waals surface area contributed by atoms with Gasteiger partial charge in [0.05, 0.1) is 30.4 Å². The summed E-state index contributed by atoms with van der Waals surface area (Å²) in [6.07, 6.45) is 0. The van der Waals surface area contributed by atoms with Crippen molar-refractivity contribution in [3.8, 4) is 39.5 Å². The monoisotopic (exact) mass is 535 g/mol. The van der Waals surface area contributed by atoms with Crippen molar-refractivity contribution in [3.63, 3.8) is 0 Å². The molecule has 0 saturated heterocycles. The second kappa shape index (κ2) is 11.2. The molecular formula is C24H19Cl4FeO2. The normalized spacial score (nSPS) is 11.3. The van der Waals surface area contributed by atoms with Crippen LogP contribution in [0, 0.1) is 0 Å². The third-order valence-corrected chi connectivity index (χ3v) is 4.31. The fourth-order valence-electron chi connectivity index (χ4n) is 2.96. The van der Waals surface area contributed by atoms with Gasteiger partial charge in [-0.1, -0.05) is 54.6 Å². The van der Waals surface area contributed by atoms with Gasteiger partial charge in [-0.3, -0.25) is 0 Å². The van der Waals surface area contributed by atoms with Crippen LogP contribution < -0.4 is 4.74 Å². The Hall–Kier alpha value is -1.71. The van der Waals surface area contributed by atoms with Crippen LogP contribution in [0.2, 0.25) is 0 Å². The van der Waals surface area contributed by atoms with E-state index in [0.717, 1.165) is 39.5 Å². The van der Waals surface area contributed by atoms with Crippen LogP contribution in [0.1, 0.15) is 0 Å². The van der Waals surface area contributed by atoms with Crippen molar-refractivity contribution in [3.05, 3.63) is 97.1 Å². The van der Waals surface area contributed by atoms with Gasteiger partial charge in [-0.25, -0.2) is 4.42 Å². The predicted octanol–water partition coefficient (Wildman–Crippen LogP) is 9.33. The van der Waals surface area contributed by atoms with Crippen molar-refractivity contribution in [1.29, 1.82) is 0 Å². The van der Waals surface area contributed by atoms with E-state index >= 15 is 0 Å². The predicted molar refractivity (Wildman–Crippen MR) is 129 cm³/mol. The van der Waals surface area contributed by atoms with Crippen LogP contribution in [0.3, 0.4) is 0 Å². The molecular weight excluding hydrogens is 518 g/mol. The van der Waals surface area contributed by atoms with Gasteiger partial charge in [-0.2, -0.15) is 0 Å². The molecule has 3 aromatic carbocycles. The average molecular weight is 537 g/mol. The molecule has 2 nitrogen and oxygen atoms in total. The molecule has 1 heterocycles. The molecule has 163 valence electrons. The first-order valence-electron chi connectivity index (χ1n) is 9.10. The number of hydrogen-bond acceptors (Lipinski definition) is 1. The number of ether oxygens (including phenoxy) is 1. The molecule has 0 N–H and O–H groups in total. The van der Waals surface area contributed by atoms with E-state index in [2.05, 4.69) is 36.4 Å². The van der Waals surface area contributed by atoms with Crippen molar-refractivity contribution in [2.24, 2.45) is 0 Å². The Labute approximate surface area is 201 Å². The van der Waals surface area contributed by atoms with Gasteiger partial charge in [0, 0.05) is 5.56 Å². The molecule has 0 saturated carbocycles. The minimum atomic E-state index is -2.61. The van der Waals surface area contributed by atoms with Crippen molar-refractivity contribution < 1.29 is 18.4 Å². The van der Waals surface area contributed by atoms with Crippen molar-refractivity contribution in [2.75, 3.05) is 7.11 Å². The van der Waals surface area contributed by atoms with E-state index < -0.39 is 9.20 Å². The summed E-state index contributed by atoms with van der Waals surface area (Å²) in [6.45, 7) is 0. The Kier molecular flexibility index (Phi) is 8.68. The first-order valence-corrected chi connectivity index (χ1v) is 15.2. The molecule has 0 aliphatic heterocycles. The summed E-state index contributed by atoms with van der Waals surface area (Å²) in [7, 11) is 18.9. The van der Waals surface area contributed by atoms with Gasteiger partial charge < -0.3 is 4.74 Å². The quantitative estimate of drug-likeness (QED) is 0.191. The molecule has 0 amide bonds. The Balaban J connectivity index is 0.000000491. The summed E-state index contributed by atoms with van der Waals surface area (Å²) < 4.78 is 11.6. The molecule has 0 aliphatic rings. The molecule has 7 heteroatoms. The van der Waals surface area contributed by atoms with Gasteiger partial charge in [0.15, 0.2) is 0 Å². The summed E-state index contributed by atoms with van der Waals surface area (Å²) in [5, 5.41) is 0. The molecule has 0 aliphatic carbocycles. The van der Waals surface area contributed by atoms with Crippen LogP contribution in [-0.4, -0.2) is 7.11 Å². The molecule has 31 heavy (non-hydrogen) atoms. The fraction of sp³-hybridized carbons (Fsp3) is 0.0417. The first kappa shape index (κ1) is 23.9. The second-order valence-electron chi connectivity index (χ2n) is 6.34. The molecule has 0 radical (unpaired) electrons. The molecule has 4 aromatic rings. The molecule has 0 bridgehead atoms. The molecule has 1 aromatic heterocycles. The average Bonchev–Trinajstić information content (AvgIpc) is 2.79. The van der Waals surface area contributed by atoms with Crippen LogP contribution in [-0.2, 0) is 9.20 Å². The van der Waals surface area contributed by atoms with Crippen molar-refractivity contribution in [2.45, 2.75) is 0 Å². The van der Waals surface area contributed by atoms with Crippen LogP contribution in [0.5, 0.6) is 5.75 Å². The van der Waals surface area contributed by atoms with Gasteiger partial charge in [-0.05, 0) is 35.9 Å². The molecule has 0 spiro atoms. The van der Waals surface area contributed by atoms with E-state index in [0.29, 0.717) is 0 Å². The van der Waals surface area contributed by atoms with E-state index in [9.17, 15) is 0 Å². The van der Waals surface area contributed by atoms with E-state index in [4.69, 9.17) is 49.5 Å². The Morgan fingerprint density at radius 2 is 1.06 bits per heavy atom. The van der Waals surface area contributed by atoms with Crippen molar-refractivity contribution in [1.82, 2.24) is 0 Å². The third kappa shape index (κ3) is 7.73. The number of benzene rings is 3. The minimum absolute atomic E-state index is 0.809. The van der Waals surface area contributed by atoms with E-state index in [-0.39, 0.29) is 0 Å². The number of methoxy groups -OCH3 is 1. The van der Waals surface area contributed by atoms with E-state index in [1.165, 1.54) is 0 Å². The SMILES string of the molecule is COc1cccc(-c2cc(-c3ccccc3)cc(-c3ccccc3)[o+]2)c1.[Cl][Fe-]([Cl])([Cl])[Cl]. The van der Waals surface area contributed by atoms with E-state index in [1.807, 2.05) is 60.7 Å². The standard InChI is InChI=1S/C24H19O2.4ClH.Fe/c1-25-22-14-8-13-20(15-22)24-17-21(18-9-4-2-5-10-18)16-23(26-24)19-11-6-3-7-12-19;;;;;/h2-17H,1H3;4*1H;/q+1;;;;;+3/p-4. The van der Waals surface area contributed by atoms with Gasteiger partial charge in [0.25, 0.3) is 0 Å². The van der Waals surface area contributed by atoms with Crippen LogP contribution in [0.25, 0.3) is 33.8 Å². The van der Waals surface area contributed by atoms with Crippen LogP contribution in [0.4, 0.5) is 0 Å². The summed E-state index contributed by atoms with van der Waals surface area (Å²) in [5.74, 6) is 2.46. The topological polar surface area (TPSA) is 20.5 Å². The maximum atomic E-state index is 6.26. The number of rotatable bonds is 4. The van der Waals surface area contributed by atoms with Gasteiger partial charge in [0.1, 0.15) is 5.75 Å². The number of hydrogen-bond donors (Lipinski definition) is 0. The number of halogens is 4. The Morgan fingerprint density at radius 1 is 0.581 bits per heavy atom. The van der Waals surface area contributed by atoms with Gasteiger partial charge >= 0.3 is 61.1 Å². The zero-order chi connectivity index (χ0) is 22.3. The molecule has 0 atom stereocenters. The summed E-state index contributed by atoms with van der Waals surface area (Å²) in [5.41, 5.74) is 4.31. The Morgan fingerprint density at radius 3 is 1.61 bits per heavy atom. The third-order valence-electron chi connectivity index (χ3n) is 4.31. The van der Waals surface area contributed by atoms with Crippen LogP contribution >= 0.6 is 40.4 Å².